The van der Waals surface area contributed by atoms with E-state index in [0.29, 0.717) is 46.5 Å². The molecule has 0 unspecified atom stereocenters. The number of hydrogen-bond donors (Lipinski definition) is 2. The van der Waals surface area contributed by atoms with Gasteiger partial charge in [-0.3, -0.25) is 14.4 Å². The third kappa shape index (κ3) is 7.31. The number of allylic oxidation sites excluding steroid dienone is 1. The topological polar surface area (TPSA) is 174 Å². The van der Waals surface area contributed by atoms with E-state index in [1.807, 2.05) is 26.0 Å². The highest BCUT2D eigenvalue weighted by Gasteiger charge is 2.65. The molecule has 16 heteroatoms. The first kappa shape index (κ1) is 39.4. The second-order valence-electron chi connectivity index (χ2n) is 17.1. The molecule has 1 aromatic heterocycles. The standard InChI is InChI=1S/C41H52FN5O9S/c1-23(2)24(3)55-39(51)44-31-11-9-7-5-6-8-10-26-19-41(26,38(50)47-16-17-57(47,52)53)45-36(48)32-21-40(22-46(32)37(31)49)20-29(42)33-28-18-27(54-4)14-15-30(28)43-34(25-12-13-25)35(33)56-40/h8,10,14-15,18,23-26,29,31-32H,5-7,9,11-13,16-17,19-22H2,1-4H3,(H,44,51)(H,45,48)/b10-8-/t24-,26-,29-,31+,32+,40-,41-/m1/s1. The number of rotatable bonds is 6. The number of benzene rings is 1. The van der Waals surface area contributed by atoms with Crippen molar-refractivity contribution in [3.05, 3.63) is 41.6 Å². The highest BCUT2D eigenvalue weighted by Crippen LogP contribution is 2.55. The summed E-state index contributed by atoms with van der Waals surface area (Å²) in [6, 6.07) is 3.01. The van der Waals surface area contributed by atoms with Gasteiger partial charge in [0.2, 0.25) is 21.8 Å². The van der Waals surface area contributed by atoms with Crippen LogP contribution >= 0.6 is 0 Å². The summed E-state index contributed by atoms with van der Waals surface area (Å²) >= 11 is 0. The fraction of sp³-hybridized carbons (Fsp3) is 0.634. The van der Waals surface area contributed by atoms with Gasteiger partial charge in [0.05, 0.1) is 37.2 Å². The number of carbonyl (C=O) groups is 4. The first-order valence-electron chi connectivity index (χ1n) is 20.3. The third-order valence-electron chi connectivity index (χ3n) is 12.8. The van der Waals surface area contributed by atoms with Gasteiger partial charge in [-0.2, -0.15) is 0 Å². The van der Waals surface area contributed by atoms with Crippen LogP contribution in [-0.4, -0.2) is 102 Å². The van der Waals surface area contributed by atoms with Crippen LogP contribution in [0.1, 0.15) is 108 Å². The number of methoxy groups -OCH3 is 1. The van der Waals surface area contributed by atoms with Gasteiger partial charge in [0.15, 0.2) is 0 Å². The Kier molecular flexibility index (Phi) is 10.2. The maximum absolute atomic E-state index is 17.0. The molecular weight excluding hydrogens is 758 g/mol. The monoisotopic (exact) mass is 809 g/mol. The summed E-state index contributed by atoms with van der Waals surface area (Å²) in [7, 11) is -2.26. The molecule has 308 valence electrons. The van der Waals surface area contributed by atoms with E-state index in [4.69, 9.17) is 19.2 Å². The van der Waals surface area contributed by atoms with Gasteiger partial charge in [-0.25, -0.2) is 26.9 Å². The van der Waals surface area contributed by atoms with Crippen LogP contribution in [0.3, 0.4) is 0 Å². The lowest BCUT2D eigenvalue weighted by Crippen LogP contribution is -2.62. The molecule has 1 aromatic carbocycles. The molecule has 1 spiro atoms. The SMILES string of the molecule is COc1ccc2nc(C3CC3)c3c(c2c1)[C@H](F)C[C@]1(C[C@H]2C(=O)N[C@]4(C(=O)N5CCS5(=O)=O)C[C@H]4/C=C\CCCCC[C@H](NC(=O)O[C@H](C)C(C)C)C(=O)N2C1)O3. The van der Waals surface area contributed by atoms with E-state index >= 15 is 4.39 Å². The summed E-state index contributed by atoms with van der Waals surface area (Å²) in [5, 5.41) is 6.24. The van der Waals surface area contributed by atoms with Crippen molar-refractivity contribution in [2.75, 3.05) is 26.0 Å². The predicted octanol–water partition coefficient (Wildman–Crippen LogP) is 4.96. The van der Waals surface area contributed by atoms with Gasteiger partial charge < -0.3 is 29.7 Å². The van der Waals surface area contributed by atoms with Gasteiger partial charge >= 0.3 is 6.09 Å². The molecule has 4 fully saturated rings. The number of nitrogens with zero attached hydrogens (tertiary/aromatic N) is 3. The van der Waals surface area contributed by atoms with Gasteiger partial charge in [0.1, 0.15) is 47.0 Å². The van der Waals surface area contributed by atoms with Crippen molar-refractivity contribution in [2.24, 2.45) is 11.8 Å². The Bertz CT molecular complexity index is 2130. The van der Waals surface area contributed by atoms with Gasteiger partial charge in [0, 0.05) is 35.6 Å². The number of aromatic nitrogens is 1. The first-order valence-corrected chi connectivity index (χ1v) is 21.9. The van der Waals surface area contributed by atoms with Crippen LogP contribution in [-0.2, 0) is 29.1 Å². The average Bonchev–Trinajstić information content (AvgIpc) is 4.09. The van der Waals surface area contributed by atoms with Crippen LogP contribution in [0.4, 0.5) is 9.18 Å². The minimum absolute atomic E-state index is 0.0221. The normalized spacial score (nSPS) is 32.0. The number of halogens is 1. The van der Waals surface area contributed by atoms with E-state index in [9.17, 15) is 27.6 Å². The Morgan fingerprint density at radius 2 is 1.88 bits per heavy atom. The Morgan fingerprint density at radius 3 is 2.56 bits per heavy atom. The molecule has 2 saturated heterocycles. The summed E-state index contributed by atoms with van der Waals surface area (Å²) < 4.78 is 61.1. The summed E-state index contributed by atoms with van der Waals surface area (Å²) in [6.07, 6.45) is 5.72. The minimum Gasteiger partial charge on any atom is -0.497 e. The maximum Gasteiger partial charge on any atom is 0.408 e. The fourth-order valence-corrected chi connectivity index (χ4v) is 9.88. The average molecular weight is 810 g/mol. The second-order valence-corrected chi connectivity index (χ2v) is 19.1. The number of alkyl carbamates (subject to hydrolysis) is 1. The van der Waals surface area contributed by atoms with Crippen LogP contribution in [0.25, 0.3) is 10.9 Å². The number of ether oxygens (including phenoxy) is 3. The van der Waals surface area contributed by atoms with Crippen LogP contribution in [0.15, 0.2) is 30.4 Å². The molecule has 14 nitrogen and oxygen atoms in total. The lowest BCUT2D eigenvalue weighted by molar-refractivity contribution is -0.142. The molecule has 2 N–H and O–H groups in total. The van der Waals surface area contributed by atoms with Crippen molar-refractivity contribution in [3.8, 4) is 11.5 Å². The summed E-state index contributed by atoms with van der Waals surface area (Å²) in [4.78, 5) is 63.0. The van der Waals surface area contributed by atoms with Crippen molar-refractivity contribution in [1.82, 2.24) is 24.8 Å². The molecule has 5 heterocycles. The molecule has 6 aliphatic rings. The zero-order valence-corrected chi connectivity index (χ0v) is 33.7. The van der Waals surface area contributed by atoms with Crippen LogP contribution in [0.2, 0.25) is 0 Å². The van der Waals surface area contributed by atoms with E-state index in [-0.39, 0.29) is 56.4 Å². The number of amides is 4. The van der Waals surface area contributed by atoms with E-state index in [1.54, 1.807) is 25.1 Å². The fourth-order valence-electron chi connectivity index (χ4n) is 8.81. The lowest BCUT2D eigenvalue weighted by Gasteiger charge is -2.38. The Morgan fingerprint density at radius 1 is 1.09 bits per heavy atom. The Balaban J connectivity index is 1.17. The summed E-state index contributed by atoms with van der Waals surface area (Å²) in [6.45, 7) is 5.44. The van der Waals surface area contributed by atoms with Crippen molar-refractivity contribution < 1.29 is 46.2 Å². The smallest absolute Gasteiger partial charge is 0.408 e. The van der Waals surface area contributed by atoms with Crippen molar-refractivity contribution in [2.45, 2.75) is 126 Å². The lowest BCUT2D eigenvalue weighted by atomic mass is 9.85. The number of hydrogen-bond acceptors (Lipinski definition) is 10. The van der Waals surface area contributed by atoms with E-state index in [2.05, 4.69) is 10.6 Å². The third-order valence-corrected chi connectivity index (χ3v) is 14.5. The zero-order chi connectivity index (χ0) is 40.4. The molecule has 2 aromatic rings. The molecule has 4 amide bonds. The first-order chi connectivity index (χ1) is 27.1. The molecule has 0 radical (unpaired) electrons. The number of pyridine rings is 1. The van der Waals surface area contributed by atoms with Crippen molar-refractivity contribution in [1.29, 1.82) is 0 Å². The van der Waals surface area contributed by atoms with Crippen LogP contribution in [0, 0.1) is 11.8 Å². The molecule has 57 heavy (non-hydrogen) atoms. The largest absolute Gasteiger partial charge is 0.497 e. The van der Waals surface area contributed by atoms with Crippen molar-refractivity contribution in [3.63, 3.8) is 0 Å². The number of alkyl halides is 1. The van der Waals surface area contributed by atoms with E-state index in [1.165, 1.54) is 12.0 Å². The molecule has 2 aliphatic carbocycles. The minimum atomic E-state index is -3.79. The zero-order valence-electron chi connectivity index (χ0n) is 32.9. The van der Waals surface area contributed by atoms with E-state index in [0.717, 1.165) is 30.0 Å². The van der Waals surface area contributed by atoms with Crippen molar-refractivity contribution >= 4 is 44.7 Å². The summed E-state index contributed by atoms with van der Waals surface area (Å²) in [5.74, 6) is -1.60. The molecule has 8 rings (SSSR count). The van der Waals surface area contributed by atoms with Gasteiger partial charge in [-0.05, 0) is 69.6 Å². The van der Waals surface area contributed by atoms with Crippen LogP contribution < -0.4 is 20.1 Å². The Labute approximate surface area is 332 Å². The highest BCUT2D eigenvalue weighted by molar-refractivity contribution is 7.90. The van der Waals surface area contributed by atoms with E-state index < -0.39 is 75.3 Å². The Hall–Kier alpha value is -4.47. The quantitative estimate of drug-likeness (QED) is 0.380. The number of nitrogens with one attached hydrogen (secondary N) is 2. The molecule has 4 aliphatic heterocycles. The number of carbonyl (C=O) groups excluding carboxylic acids is 4. The predicted molar refractivity (Wildman–Crippen MR) is 207 cm³/mol. The number of sulfonamides is 1. The molecule has 0 bridgehead atoms. The highest BCUT2D eigenvalue weighted by atomic mass is 32.2. The molecule has 2 saturated carbocycles. The van der Waals surface area contributed by atoms with Crippen LogP contribution in [0.5, 0.6) is 11.5 Å². The number of fused-ring (bicyclic) bond motifs is 5. The summed E-state index contributed by atoms with van der Waals surface area (Å²) in [5.41, 5.74) is -1.28. The van der Waals surface area contributed by atoms with Gasteiger partial charge in [-0.1, -0.05) is 38.8 Å². The molecule has 7 atom stereocenters. The maximum atomic E-state index is 17.0. The van der Waals surface area contributed by atoms with Gasteiger partial charge in [-0.15, -0.1) is 0 Å². The molecular formula is C41H52FN5O9S. The van der Waals surface area contributed by atoms with Gasteiger partial charge in [0.25, 0.3) is 5.91 Å². The second kappa shape index (κ2) is 14.7.